The van der Waals surface area contributed by atoms with Crippen molar-refractivity contribution < 1.29 is 4.79 Å². The van der Waals surface area contributed by atoms with Crippen LogP contribution in [0, 0.1) is 0 Å². The third-order valence-corrected chi connectivity index (χ3v) is 4.89. The number of aromatic nitrogens is 3. The first kappa shape index (κ1) is 14.8. The third kappa shape index (κ3) is 3.14. The van der Waals surface area contributed by atoms with Gasteiger partial charge in [0.1, 0.15) is 5.82 Å². The normalized spacial score (nSPS) is 11.2. The molecule has 4 aromatic rings. The molecule has 5 nitrogen and oxygen atoms in total. The lowest BCUT2D eigenvalue weighted by Crippen LogP contribution is -2.23. The van der Waals surface area contributed by atoms with Gasteiger partial charge in [0.05, 0.1) is 32.8 Å². The van der Waals surface area contributed by atoms with E-state index in [2.05, 4.69) is 26.3 Å². The number of thiazole rings is 1. The topological polar surface area (TPSA) is 70.7 Å². The van der Waals surface area contributed by atoms with E-state index in [1.165, 1.54) is 0 Å². The molecule has 6 heteroatoms. The van der Waals surface area contributed by atoms with Crippen LogP contribution < -0.4 is 5.32 Å². The number of H-pyrrole nitrogens is 1. The lowest BCUT2D eigenvalue weighted by atomic mass is 10.3. The third-order valence-electron chi connectivity index (χ3n) is 3.80. The average molecular weight is 336 g/mol. The molecule has 24 heavy (non-hydrogen) atoms. The van der Waals surface area contributed by atoms with Crippen LogP contribution in [0.3, 0.4) is 0 Å². The number of hydrogen-bond acceptors (Lipinski definition) is 4. The first-order valence-electron chi connectivity index (χ1n) is 7.83. The highest BCUT2D eigenvalue weighted by Crippen LogP contribution is 2.22. The smallest absolute Gasteiger partial charge is 0.220 e. The Bertz CT molecular complexity index is 858. The predicted molar refractivity (Wildman–Crippen MR) is 95.9 cm³/mol. The van der Waals surface area contributed by atoms with E-state index in [0.29, 0.717) is 19.4 Å². The number of hydrogen-bond donors (Lipinski definition) is 2. The van der Waals surface area contributed by atoms with Gasteiger partial charge < -0.3 is 10.3 Å². The standard InChI is InChI=1S/C18H16N4OS/c23-17(9-10-18-22-14-7-3-4-8-15(14)24-18)19-11-16-20-12-5-1-2-6-13(12)21-16/h1-8H,9-11H2,(H,19,23)(H,20,21). The van der Waals surface area contributed by atoms with Crippen LogP contribution in [0.2, 0.25) is 0 Å². The highest BCUT2D eigenvalue weighted by Gasteiger charge is 2.08. The van der Waals surface area contributed by atoms with Crippen molar-refractivity contribution in [2.75, 3.05) is 0 Å². The van der Waals surface area contributed by atoms with Gasteiger partial charge in [0.25, 0.3) is 0 Å². The second kappa shape index (κ2) is 6.41. The molecule has 0 atom stereocenters. The maximum atomic E-state index is 12.0. The fourth-order valence-corrected chi connectivity index (χ4v) is 3.57. The summed E-state index contributed by atoms with van der Waals surface area (Å²) in [7, 11) is 0. The number of imidazole rings is 1. The van der Waals surface area contributed by atoms with E-state index in [1.807, 2.05) is 42.5 Å². The number of fused-ring (bicyclic) bond motifs is 2. The summed E-state index contributed by atoms with van der Waals surface area (Å²) in [5.41, 5.74) is 2.90. The largest absolute Gasteiger partial charge is 0.349 e. The van der Waals surface area contributed by atoms with Gasteiger partial charge in [-0.15, -0.1) is 11.3 Å². The minimum absolute atomic E-state index is 0.00899. The molecule has 2 N–H and O–H groups in total. The van der Waals surface area contributed by atoms with Crippen molar-refractivity contribution in [2.45, 2.75) is 19.4 Å². The number of rotatable bonds is 5. The number of amides is 1. The number of benzene rings is 2. The van der Waals surface area contributed by atoms with Gasteiger partial charge in [-0.1, -0.05) is 24.3 Å². The van der Waals surface area contributed by atoms with Crippen LogP contribution in [0.5, 0.6) is 0 Å². The van der Waals surface area contributed by atoms with Crippen molar-refractivity contribution in [1.29, 1.82) is 0 Å². The minimum atomic E-state index is 0.00899. The molecular formula is C18H16N4OS. The summed E-state index contributed by atoms with van der Waals surface area (Å²) in [5.74, 6) is 0.777. The van der Waals surface area contributed by atoms with Gasteiger partial charge in [0.15, 0.2) is 0 Å². The van der Waals surface area contributed by atoms with Crippen LogP contribution in [-0.4, -0.2) is 20.9 Å². The summed E-state index contributed by atoms with van der Waals surface area (Å²) in [6, 6.07) is 15.9. The number of nitrogens with zero attached hydrogens (tertiary/aromatic N) is 2. The molecule has 0 saturated carbocycles. The van der Waals surface area contributed by atoms with Crippen LogP contribution in [-0.2, 0) is 17.8 Å². The number of nitrogens with one attached hydrogen (secondary N) is 2. The molecule has 0 aliphatic carbocycles. The quantitative estimate of drug-likeness (QED) is 0.586. The maximum absolute atomic E-state index is 12.0. The van der Waals surface area contributed by atoms with Crippen LogP contribution >= 0.6 is 11.3 Å². The van der Waals surface area contributed by atoms with E-state index < -0.39 is 0 Å². The van der Waals surface area contributed by atoms with E-state index in [1.54, 1.807) is 11.3 Å². The van der Waals surface area contributed by atoms with Crippen molar-refractivity contribution in [2.24, 2.45) is 0 Å². The van der Waals surface area contributed by atoms with Gasteiger partial charge >= 0.3 is 0 Å². The van der Waals surface area contributed by atoms with Crippen LogP contribution in [0.25, 0.3) is 21.3 Å². The van der Waals surface area contributed by atoms with Gasteiger partial charge in [-0.05, 0) is 24.3 Å². The first-order chi connectivity index (χ1) is 11.8. The molecular weight excluding hydrogens is 320 g/mol. The number of aromatic amines is 1. The van der Waals surface area contributed by atoms with Crippen LogP contribution in [0.15, 0.2) is 48.5 Å². The van der Waals surface area contributed by atoms with Crippen molar-refractivity contribution in [3.63, 3.8) is 0 Å². The Morgan fingerprint density at radius 2 is 1.83 bits per heavy atom. The van der Waals surface area contributed by atoms with Gasteiger partial charge in [-0.3, -0.25) is 4.79 Å². The van der Waals surface area contributed by atoms with E-state index in [-0.39, 0.29) is 5.91 Å². The molecule has 2 aromatic carbocycles. The zero-order chi connectivity index (χ0) is 16.4. The molecule has 2 heterocycles. The highest BCUT2D eigenvalue weighted by atomic mass is 32.1. The highest BCUT2D eigenvalue weighted by molar-refractivity contribution is 7.18. The first-order valence-corrected chi connectivity index (χ1v) is 8.64. The van der Waals surface area contributed by atoms with Gasteiger partial charge in [0, 0.05) is 12.8 Å². The van der Waals surface area contributed by atoms with Crippen molar-refractivity contribution in [1.82, 2.24) is 20.3 Å². The number of para-hydroxylation sites is 3. The Morgan fingerprint density at radius 3 is 2.67 bits per heavy atom. The van der Waals surface area contributed by atoms with Crippen molar-refractivity contribution in [3.05, 3.63) is 59.4 Å². The zero-order valence-electron chi connectivity index (χ0n) is 13.0. The Hall–Kier alpha value is -2.73. The summed E-state index contributed by atoms with van der Waals surface area (Å²) < 4.78 is 1.16. The van der Waals surface area contributed by atoms with Crippen LogP contribution in [0.4, 0.5) is 0 Å². The molecule has 0 aliphatic heterocycles. The Morgan fingerprint density at radius 1 is 1.04 bits per heavy atom. The Balaban J connectivity index is 1.33. The predicted octanol–water partition coefficient (Wildman–Crippen LogP) is 3.42. The Kier molecular flexibility index (Phi) is 3.96. The number of carbonyl (C=O) groups is 1. The molecule has 2 aromatic heterocycles. The lowest BCUT2D eigenvalue weighted by molar-refractivity contribution is -0.121. The molecule has 0 saturated heterocycles. The monoisotopic (exact) mass is 336 g/mol. The summed E-state index contributed by atoms with van der Waals surface area (Å²) in [6.07, 6.45) is 1.09. The summed E-state index contributed by atoms with van der Waals surface area (Å²) in [6.45, 7) is 0.410. The van der Waals surface area contributed by atoms with E-state index >= 15 is 0 Å². The van der Waals surface area contributed by atoms with E-state index in [4.69, 9.17) is 0 Å². The summed E-state index contributed by atoms with van der Waals surface area (Å²) in [4.78, 5) is 24.3. The fraction of sp³-hybridized carbons (Fsp3) is 0.167. The van der Waals surface area contributed by atoms with Gasteiger partial charge in [0.2, 0.25) is 5.91 Å². The molecule has 0 fully saturated rings. The second-order valence-corrected chi connectivity index (χ2v) is 6.67. The van der Waals surface area contributed by atoms with Gasteiger partial charge in [-0.25, -0.2) is 9.97 Å². The molecule has 120 valence electrons. The SMILES string of the molecule is O=C(CCc1nc2ccccc2s1)NCc1nc2ccccc2[nH]1. The molecule has 4 rings (SSSR count). The molecule has 1 amide bonds. The molecule has 0 spiro atoms. The summed E-state index contributed by atoms with van der Waals surface area (Å²) >= 11 is 1.65. The van der Waals surface area contributed by atoms with E-state index in [0.717, 1.165) is 32.1 Å². The minimum Gasteiger partial charge on any atom is -0.349 e. The van der Waals surface area contributed by atoms with E-state index in [9.17, 15) is 4.79 Å². The molecule has 0 bridgehead atoms. The molecule has 0 unspecified atom stereocenters. The van der Waals surface area contributed by atoms with Crippen molar-refractivity contribution >= 4 is 38.5 Å². The zero-order valence-corrected chi connectivity index (χ0v) is 13.8. The maximum Gasteiger partial charge on any atom is 0.220 e. The average Bonchev–Trinajstić information content (AvgIpc) is 3.21. The van der Waals surface area contributed by atoms with Crippen molar-refractivity contribution in [3.8, 4) is 0 Å². The lowest BCUT2D eigenvalue weighted by Gasteiger charge is -2.01. The fourth-order valence-electron chi connectivity index (χ4n) is 2.61. The second-order valence-electron chi connectivity index (χ2n) is 5.55. The Labute approximate surface area is 142 Å². The molecule has 0 aliphatic rings. The number of carbonyl (C=O) groups excluding carboxylic acids is 1. The van der Waals surface area contributed by atoms with Gasteiger partial charge in [-0.2, -0.15) is 0 Å². The summed E-state index contributed by atoms with van der Waals surface area (Å²) in [5, 5.41) is 3.90. The number of aryl methyl sites for hydroxylation is 1. The molecule has 0 radical (unpaired) electrons. The van der Waals surface area contributed by atoms with Crippen LogP contribution in [0.1, 0.15) is 17.3 Å².